The number of hydrogen-bond donors (Lipinski definition) is 1. The molecule has 0 radical (unpaired) electrons. The van der Waals surface area contributed by atoms with Crippen LogP contribution in [0.4, 0.5) is 5.69 Å². The molecule has 0 unspecified atom stereocenters. The first-order chi connectivity index (χ1) is 17.1. The molecule has 4 nitrogen and oxygen atoms in total. The van der Waals surface area contributed by atoms with Crippen LogP contribution >= 0.6 is 0 Å². The number of amides is 1. The Morgan fingerprint density at radius 3 is 2.51 bits per heavy atom. The first kappa shape index (κ1) is 23.5. The van der Waals surface area contributed by atoms with Crippen molar-refractivity contribution in [3.63, 3.8) is 0 Å². The zero-order valence-corrected chi connectivity index (χ0v) is 19.6. The number of fused-ring (bicyclic) bond motifs is 1. The Kier molecular flexibility index (Phi) is 7.40. The first-order valence-corrected chi connectivity index (χ1v) is 11.4. The normalized spacial score (nSPS) is 11.0. The molecule has 0 aliphatic rings. The van der Waals surface area contributed by atoms with Crippen molar-refractivity contribution in [2.24, 2.45) is 0 Å². The number of anilines is 1. The van der Waals surface area contributed by atoms with Gasteiger partial charge in [-0.05, 0) is 77.2 Å². The van der Waals surface area contributed by atoms with Crippen LogP contribution in [-0.2, 0) is 17.8 Å². The van der Waals surface area contributed by atoms with Gasteiger partial charge in [-0.1, -0.05) is 66.2 Å². The number of hydrogen-bond acceptors (Lipinski definition) is 3. The highest BCUT2D eigenvalue weighted by Gasteiger charge is 2.11. The minimum atomic E-state index is -0.446. The number of nitrogens with zero attached hydrogens (tertiary/aromatic N) is 1. The van der Waals surface area contributed by atoms with Crippen molar-refractivity contribution in [1.82, 2.24) is 0 Å². The van der Waals surface area contributed by atoms with Gasteiger partial charge in [-0.25, -0.2) is 0 Å². The summed E-state index contributed by atoms with van der Waals surface area (Å²) in [6.45, 7) is 6.26. The lowest BCUT2D eigenvalue weighted by atomic mass is 10.0. The summed E-state index contributed by atoms with van der Waals surface area (Å²) < 4.78 is 6.13. The van der Waals surface area contributed by atoms with Crippen LogP contribution in [0.1, 0.15) is 22.3 Å². The van der Waals surface area contributed by atoms with Gasteiger partial charge in [0.25, 0.3) is 5.91 Å². The molecule has 4 aromatic carbocycles. The summed E-state index contributed by atoms with van der Waals surface area (Å²) >= 11 is 0. The van der Waals surface area contributed by atoms with Crippen LogP contribution < -0.4 is 10.1 Å². The van der Waals surface area contributed by atoms with E-state index < -0.39 is 5.91 Å². The minimum absolute atomic E-state index is 0.0277. The molecule has 0 saturated heterocycles. The quantitative estimate of drug-likeness (QED) is 0.176. The molecule has 35 heavy (non-hydrogen) atoms. The molecule has 0 saturated carbocycles. The highest BCUT2D eigenvalue weighted by Crippen LogP contribution is 2.25. The predicted octanol–water partition coefficient (Wildman–Crippen LogP) is 7.00. The van der Waals surface area contributed by atoms with Crippen LogP contribution in [-0.4, -0.2) is 5.91 Å². The molecule has 0 heterocycles. The average Bonchev–Trinajstić information content (AvgIpc) is 2.88. The van der Waals surface area contributed by atoms with E-state index >= 15 is 0 Å². The Morgan fingerprint density at radius 1 is 1.00 bits per heavy atom. The zero-order valence-electron chi connectivity index (χ0n) is 19.6. The van der Waals surface area contributed by atoms with Crippen molar-refractivity contribution in [3.8, 4) is 11.8 Å². The van der Waals surface area contributed by atoms with Gasteiger partial charge in [0.15, 0.2) is 0 Å². The van der Waals surface area contributed by atoms with Crippen LogP contribution in [0.3, 0.4) is 0 Å². The number of carbonyl (C=O) groups is 1. The Bertz CT molecular complexity index is 1440. The van der Waals surface area contributed by atoms with Gasteiger partial charge in [-0.15, -0.1) is 6.58 Å². The van der Waals surface area contributed by atoms with Crippen molar-refractivity contribution in [2.75, 3.05) is 5.32 Å². The lowest BCUT2D eigenvalue weighted by molar-refractivity contribution is -0.112. The van der Waals surface area contributed by atoms with E-state index in [0.717, 1.165) is 28.0 Å². The second-order valence-electron chi connectivity index (χ2n) is 8.32. The number of carbonyl (C=O) groups excluding carboxylic acids is 1. The molecule has 4 aromatic rings. The van der Waals surface area contributed by atoms with Crippen LogP contribution in [0.5, 0.6) is 5.75 Å². The van der Waals surface area contributed by atoms with Crippen molar-refractivity contribution >= 4 is 28.4 Å². The topological polar surface area (TPSA) is 62.1 Å². The number of rotatable bonds is 8. The van der Waals surface area contributed by atoms with Crippen molar-refractivity contribution in [2.45, 2.75) is 20.0 Å². The summed E-state index contributed by atoms with van der Waals surface area (Å²) in [5.74, 6) is 0.302. The van der Waals surface area contributed by atoms with Crippen molar-refractivity contribution in [3.05, 3.63) is 125 Å². The monoisotopic (exact) mass is 458 g/mol. The molecule has 0 fully saturated rings. The maximum absolute atomic E-state index is 12.6. The Balaban J connectivity index is 1.51. The molecule has 0 spiro atoms. The van der Waals surface area contributed by atoms with E-state index in [2.05, 4.69) is 42.2 Å². The van der Waals surface area contributed by atoms with Crippen molar-refractivity contribution < 1.29 is 9.53 Å². The predicted molar refractivity (Wildman–Crippen MR) is 142 cm³/mol. The van der Waals surface area contributed by atoms with E-state index in [-0.39, 0.29) is 5.57 Å². The fourth-order valence-electron chi connectivity index (χ4n) is 3.79. The molecule has 1 N–H and O–H groups in total. The van der Waals surface area contributed by atoms with Gasteiger partial charge in [0.2, 0.25) is 0 Å². The number of nitrogens with one attached hydrogen (secondary N) is 1. The molecule has 4 rings (SSSR count). The van der Waals surface area contributed by atoms with E-state index in [1.807, 2.05) is 67.6 Å². The molecular weight excluding hydrogens is 432 g/mol. The molecule has 172 valence electrons. The third kappa shape index (κ3) is 6.04. The second kappa shape index (κ2) is 11.0. The van der Waals surface area contributed by atoms with Crippen molar-refractivity contribution in [1.29, 1.82) is 5.26 Å². The Morgan fingerprint density at radius 2 is 1.77 bits per heavy atom. The van der Waals surface area contributed by atoms with Gasteiger partial charge in [0, 0.05) is 5.69 Å². The average molecular weight is 459 g/mol. The first-order valence-electron chi connectivity index (χ1n) is 11.4. The van der Waals surface area contributed by atoms with Crippen LogP contribution in [0.25, 0.3) is 16.8 Å². The molecular formula is C31H26N2O2. The summed E-state index contributed by atoms with van der Waals surface area (Å²) in [7, 11) is 0. The molecule has 0 bridgehead atoms. The largest absolute Gasteiger partial charge is 0.489 e. The number of aryl methyl sites for hydroxylation is 1. The molecule has 0 aliphatic carbocycles. The highest BCUT2D eigenvalue weighted by molar-refractivity contribution is 6.09. The fourth-order valence-corrected chi connectivity index (χ4v) is 3.79. The number of allylic oxidation sites excluding steroid dienone is 1. The van der Waals surface area contributed by atoms with E-state index in [0.29, 0.717) is 18.7 Å². The molecule has 0 aromatic heterocycles. The van der Waals surface area contributed by atoms with Gasteiger partial charge in [0.05, 0.1) is 0 Å². The van der Waals surface area contributed by atoms with Crippen LogP contribution in [0, 0.1) is 18.3 Å². The minimum Gasteiger partial charge on any atom is -0.489 e. The van der Waals surface area contributed by atoms with E-state index in [4.69, 9.17) is 4.74 Å². The molecule has 0 atom stereocenters. The lowest BCUT2D eigenvalue weighted by Gasteiger charge is -2.12. The van der Waals surface area contributed by atoms with E-state index in [1.54, 1.807) is 12.2 Å². The summed E-state index contributed by atoms with van der Waals surface area (Å²) in [6, 6.07) is 29.6. The van der Waals surface area contributed by atoms with E-state index in [1.165, 1.54) is 10.8 Å². The number of benzene rings is 4. The van der Waals surface area contributed by atoms with Gasteiger partial charge >= 0.3 is 0 Å². The fraction of sp³-hybridized carbons (Fsp3) is 0.0968. The number of ether oxygens (including phenoxy) is 1. The van der Waals surface area contributed by atoms with Gasteiger partial charge in [-0.3, -0.25) is 4.79 Å². The zero-order chi connectivity index (χ0) is 24.6. The standard InChI is InChI=1S/C31H26N2O2/c1-3-6-27-17-23(18-28(20-32)31(34)33-29-14-9-22(2)10-15-29)12-16-30(27)35-21-24-11-13-25-7-4-5-8-26(25)19-24/h3-5,7-19H,1,6,21H2,2H3,(H,33,34)/b28-18-. The summed E-state index contributed by atoms with van der Waals surface area (Å²) in [5.41, 5.74) is 4.53. The molecule has 1 amide bonds. The van der Waals surface area contributed by atoms with Gasteiger partial charge < -0.3 is 10.1 Å². The SMILES string of the molecule is C=CCc1cc(/C=C(/C#N)C(=O)Nc2ccc(C)cc2)ccc1OCc1ccc2ccccc2c1. The number of nitriles is 1. The van der Waals surface area contributed by atoms with Gasteiger partial charge in [-0.2, -0.15) is 5.26 Å². The van der Waals surface area contributed by atoms with Crippen LogP contribution in [0.2, 0.25) is 0 Å². The maximum Gasteiger partial charge on any atom is 0.266 e. The van der Waals surface area contributed by atoms with Gasteiger partial charge in [0.1, 0.15) is 24.0 Å². The molecule has 4 heteroatoms. The third-order valence-electron chi connectivity index (χ3n) is 5.64. The second-order valence-corrected chi connectivity index (χ2v) is 8.32. The highest BCUT2D eigenvalue weighted by atomic mass is 16.5. The Hall–Kier alpha value is -4.62. The summed E-state index contributed by atoms with van der Waals surface area (Å²) in [4.78, 5) is 12.6. The lowest BCUT2D eigenvalue weighted by Crippen LogP contribution is -2.13. The smallest absolute Gasteiger partial charge is 0.266 e. The summed E-state index contributed by atoms with van der Waals surface area (Å²) in [5, 5.41) is 14.7. The van der Waals surface area contributed by atoms with E-state index in [9.17, 15) is 10.1 Å². The van der Waals surface area contributed by atoms with Crippen LogP contribution in [0.15, 0.2) is 103 Å². The maximum atomic E-state index is 12.6. The third-order valence-corrected chi connectivity index (χ3v) is 5.64. The summed E-state index contributed by atoms with van der Waals surface area (Å²) in [6.07, 6.45) is 4.00. The Labute approximate surface area is 205 Å². The molecule has 0 aliphatic heterocycles.